The van der Waals surface area contributed by atoms with E-state index in [-0.39, 0.29) is 17.9 Å². The number of benzene rings is 3. The molecule has 0 saturated heterocycles. The minimum Gasteiger partial charge on any atom is -0.493 e. The number of rotatable bonds is 10. The normalized spacial score (nSPS) is 17.8. The van der Waals surface area contributed by atoms with E-state index < -0.39 is 5.97 Å². The zero-order valence-corrected chi connectivity index (χ0v) is 19.4. The quantitative estimate of drug-likeness (QED) is 0.353. The standard InChI is InChI=1S/C27H27ClO5/c1-17-14-21(9-10-22(17)23-16-24(23)27(29)30)31-13-12-18(2)32-25-11-8-19(28)15-26(25)33-20-6-4-3-5-7-20/h3-11,14-15,18,23-24H,12-13,16H2,1-2H3,(H,29,30)/t18?,23?,24-/m1/s1. The first-order valence-electron chi connectivity index (χ1n) is 11.1. The molecular weight excluding hydrogens is 440 g/mol. The molecule has 6 heteroatoms. The van der Waals surface area contributed by atoms with E-state index in [9.17, 15) is 4.79 Å². The highest BCUT2D eigenvalue weighted by molar-refractivity contribution is 6.30. The Labute approximate surface area is 198 Å². The summed E-state index contributed by atoms with van der Waals surface area (Å²) in [6, 6.07) is 20.7. The highest BCUT2D eigenvalue weighted by Crippen LogP contribution is 2.49. The molecule has 3 aromatic rings. The first kappa shape index (κ1) is 23.0. The van der Waals surface area contributed by atoms with Crippen LogP contribution in [0.1, 0.15) is 36.8 Å². The summed E-state index contributed by atoms with van der Waals surface area (Å²) in [4.78, 5) is 11.1. The molecular formula is C27H27ClO5. The molecule has 0 aliphatic heterocycles. The number of carboxylic acids is 1. The highest BCUT2D eigenvalue weighted by atomic mass is 35.5. The number of ether oxygens (including phenoxy) is 3. The van der Waals surface area contributed by atoms with Gasteiger partial charge in [-0.05, 0) is 73.7 Å². The fourth-order valence-corrected chi connectivity index (χ4v) is 4.02. The first-order valence-corrected chi connectivity index (χ1v) is 11.4. The van der Waals surface area contributed by atoms with Gasteiger partial charge in [0.1, 0.15) is 11.5 Å². The van der Waals surface area contributed by atoms with E-state index >= 15 is 0 Å². The van der Waals surface area contributed by atoms with Crippen molar-refractivity contribution >= 4 is 17.6 Å². The van der Waals surface area contributed by atoms with Gasteiger partial charge in [0.25, 0.3) is 0 Å². The van der Waals surface area contributed by atoms with Gasteiger partial charge in [-0.1, -0.05) is 35.9 Å². The third-order valence-corrected chi connectivity index (χ3v) is 5.98. The molecule has 1 aliphatic carbocycles. The first-order chi connectivity index (χ1) is 15.9. The summed E-state index contributed by atoms with van der Waals surface area (Å²) in [7, 11) is 0. The molecule has 0 spiro atoms. The zero-order chi connectivity index (χ0) is 23.4. The maximum atomic E-state index is 11.1. The lowest BCUT2D eigenvalue weighted by molar-refractivity contribution is -0.138. The number of aliphatic carboxylic acids is 1. The molecule has 1 fully saturated rings. The van der Waals surface area contributed by atoms with Gasteiger partial charge in [-0.25, -0.2) is 0 Å². The van der Waals surface area contributed by atoms with Crippen LogP contribution in [0, 0.1) is 12.8 Å². The second kappa shape index (κ2) is 10.2. The average Bonchev–Trinajstić information content (AvgIpc) is 3.57. The molecule has 0 amide bonds. The fourth-order valence-electron chi connectivity index (χ4n) is 3.86. The molecule has 1 N–H and O–H groups in total. The van der Waals surface area contributed by atoms with Crippen molar-refractivity contribution in [3.63, 3.8) is 0 Å². The van der Waals surface area contributed by atoms with Crippen molar-refractivity contribution in [3.05, 3.63) is 82.9 Å². The van der Waals surface area contributed by atoms with Crippen LogP contribution in [-0.4, -0.2) is 23.8 Å². The van der Waals surface area contributed by atoms with E-state index in [0.29, 0.717) is 41.7 Å². The van der Waals surface area contributed by atoms with E-state index in [4.69, 9.17) is 30.9 Å². The Morgan fingerprint density at radius 1 is 1.06 bits per heavy atom. The number of aryl methyl sites for hydroxylation is 1. The Morgan fingerprint density at radius 3 is 2.55 bits per heavy atom. The summed E-state index contributed by atoms with van der Waals surface area (Å²) in [5.41, 5.74) is 2.16. The lowest BCUT2D eigenvalue weighted by Crippen LogP contribution is -2.16. The van der Waals surface area contributed by atoms with Crippen LogP contribution in [0.5, 0.6) is 23.0 Å². The molecule has 0 heterocycles. The lowest BCUT2D eigenvalue weighted by Gasteiger charge is -2.18. The van der Waals surface area contributed by atoms with Crippen molar-refractivity contribution in [2.24, 2.45) is 5.92 Å². The predicted molar refractivity (Wildman–Crippen MR) is 128 cm³/mol. The van der Waals surface area contributed by atoms with Crippen molar-refractivity contribution in [1.29, 1.82) is 0 Å². The van der Waals surface area contributed by atoms with Crippen LogP contribution in [0.15, 0.2) is 66.7 Å². The molecule has 5 nitrogen and oxygen atoms in total. The summed E-state index contributed by atoms with van der Waals surface area (Å²) in [6.07, 6.45) is 1.29. The van der Waals surface area contributed by atoms with Gasteiger partial charge in [0.15, 0.2) is 11.5 Å². The maximum absolute atomic E-state index is 11.1. The second-order valence-electron chi connectivity index (χ2n) is 8.38. The van der Waals surface area contributed by atoms with Gasteiger partial charge in [0, 0.05) is 17.5 Å². The summed E-state index contributed by atoms with van der Waals surface area (Å²) in [6.45, 7) is 4.47. The number of carbonyl (C=O) groups is 1. The minimum absolute atomic E-state index is 0.104. The molecule has 1 saturated carbocycles. The van der Waals surface area contributed by atoms with Crippen LogP contribution >= 0.6 is 11.6 Å². The van der Waals surface area contributed by atoms with Crippen molar-refractivity contribution in [2.75, 3.05) is 6.61 Å². The van der Waals surface area contributed by atoms with Gasteiger partial charge in [0.05, 0.1) is 18.6 Å². The van der Waals surface area contributed by atoms with Crippen molar-refractivity contribution in [1.82, 2.24) is 0 Å². The molecule has 0 radical (unpaired) electrons. The molecule has 3 aromatic carbocycles. The Kier molecular flexibility index (Phi) is 7.09. The summed E-state index contributed by atoms with van der Waals surface area (Å²) < 4.78 is 18.0. The lowest BCUT2D eigenvalue weighted by atomic mass is 10.0. The Balaban J connectivity index is 1.31. The van der Waals surface area contributed by atoms with Crippen LogP contribution in [-0.2, 0) is 4.79 Å². The Morgan fingerprint density at radius 2 is 1.85 bits per heavy atom. The third-order valence-electron chi connectivity index (χ3n) is 5.75. The second-order valence-corrected chi connectivity index (χ2v) is 8.81. The van der Waals surface area contributed by atoms with E-state index in [1.54, 1.807) is 12.1 Å². The van der Waals surface area contributed by atoms with Gasteiger partial charge in [-0.15, -0.1) is 0 Å². The number of hydrogen-bond acceptors (Lipinski definition) is 4. The van der Waals surface area contributed by atoms with Gasteiger partial charge in [-0.3, -0.25) is 4.79 Å². The number of hydrogen-bond donors (Lipinski definition) is 1. The van der Waals surface area contributed by atoms with E-state index in [0.717, 1.165) is 16.9 Å². The Hall–Kier alpha value is -3.18. The molecule has 4 rings (SSSR count). The molecule has 1 aliphatic rings. The van der Waals surface area contributed by atoms with Crippen molar-refractivity contribution < 1.29 is 24.1 Å². The number of para-hydroxylation sites is 1. The van der Waals surface area contributed by atoms with E-state index in [1.165, 1.54) is 0 Å². The molecule has 2 unspecified atom stereocenters. The predicted octanol–water partition coefficient (Wildman–Crippen LogP) is 6.87. The summed E-state index contributed by atoms with van der Waals surface area (Å²) in [5.74, 6) is 1.82. The van der Waals surface area contributed by atoms with Crippen LogP contribution < -0.4 is 14.2 Å². The molecule has 172 valence electrons. The fraction of sp³-hybridized carbons (Fsp3) is 0.296. The molecule has 3 atom stereocenters. The summed E-state index contributed by atoms with van der Waals surface area (Å²) in [5, 5.41) is 9.73. The smallest absolute Gasteiger partial charge is 0.307 e. The molecule has 0 aromatic heterocycles. The Bertz CT molecular complexity index is 1110. The molecule has 0 bridgehead atoms. The van der Waals surface area contributed by atoms with Crippen molar-refractivity contribution in [2.45, 2.75) is 38.7 Å². The van der Waals surface area contributed by atoms with Crippen LogP contribution in [0.25, 0.3) is 0 Å². The minimum atomic E-state index is -0.716. The molecule has 33 heavy (non-hydrogen) atoms. The van der Waals surface area contributed by atoms with Gasteiger partial charge >= 0.3 is 5.97 Å². The van der Waals surface area contributed by atoms with Gasteiger partial charge in [0.2, 0.25) is 0 Å². The van der Waals surface area contributed by atoms with Crippen LogP contribution in [0.3, 0.4) is 0 Å². The third kappa shape index (κ3) is 5.99. The number of carboxylic acid groups (broad SMARTS) is 1. The summed E-state index contributed by atoms with van der Waals surface area (Å²) >= 11 is 6.16. The van der Waals surface area contributed by atoms with E-state index in [1.807, 2.05) is 68.4 Å². The van der Waals surface area contributed by atoms with Crippen LogP contribution in [0.4, 0.5) is 0 Å². The van der Waals surface area contributed by atoms with Gasteiger partial charge < -0.3 is 19.3 Å². The SMILES string of the molecule is Cc1cc(OCCC(C)Oc2ccc(Cl)cc2Oc2ccccc2)ccc1C1C[C@H]1C(=O)O. The largest absolute Gasteiger partial charge is 0.493 e. The van der Waals surface area contributed by atoms with Crippen molar-refractivity contribution in [3.8, 4) is 23.0 Å². The maximum Gasteiger partial charge on any atom is 0.307 e. The van der Waals surface area contributed by atoms with Gasteiger partial charge in [-0.2, -0.15) is 0 Å². The number of halogens is 1. The monoisotopic (exact) mass is 466 g/mol. The average molecular weight is 467 g/mol. The van der Waals surface area contributed by atoms with Crippen LogP contribution in [0.2, 0.25) is 5.02 Å². The van der Waals surface area contributed by atoms with E-state index in [2.05, 4.69) is 0 Å². The highest BCUT2D eigenvalue weighted by Gasteiger charge is 2.44. The topological polar surface area (TPSA) is 65.0 Å². The zero-order valence-electron chi connectivity index (χ0n) is 18.7.